The van der Waals surface area contributed by atoms with Crippen LogP contribution in [-0.4, -0.2) is 25.1 Å². The molecule has 1 aliphatic carbocycles. The van der Waals surface area contributed by atoms with Crippen LogP contribution in [0.4, 0.5) is 5.69 Å². The first kappa shape index (κ1) is 21.7. The van der Waals surface area contributed by atoms with Gasteiger partial charge >= 0.3 is 0 Å². The lowest BCUT2D eigenvalue weighted by Gasteiger charge is -2.33. The van der Waals surface area contributed by atoms with Crippen molar-refractivity contribution >= 4 is 11.6 Å². The third-order valence-electron chi connectivity index (χ3n) is 6.78. The Morgan fingerprint density at radius 1 is 1.03 bits per heavy atom. The van der Waals surface area contributed by atoms with Crippen molar-refractivity contribution in [3.05, 3.63) is 59.2 Å². The second-order valence-corrected chi connectivity index (χ2v) is 9.41. The monoisotopic (exact) mass is 420 g/mol. The number of hydrogen-bond donors (Lipinski definition) is 1. The molecule has 166 valence electrons. The zero-order valence-electron chi connectivity index (χ0n) is 19.2. The zero-order valence-corrected chi connectivity index (χ0v) is 19.2. The summed E-state index contributed by atoms with van der Waals surface area (Å²) in [5.74, 6) is 1.46. The summed E-state index contributed by atoms with van der Waals surface area (Å²) in [4.78, 5) is 15.2. The second-order valence-electron chi connectivity index (χ2n) is 9.41. The molecule has 1 saturated heterocycles. The molecule has 0 saturated carbocycles. The Morgan fingerprint density at radius 3 is 2.52 bits per heavy atom. The summed E-state index contributed by atoms with van der Waals surface area (Å²) < 4.78 is 5.97. The van der Waals surface area contributed by atoms with Crippen LogP contribution in [0.2, 0.25) is 0 Å². The van der Waals surface area contributed by atoms with Gasteiger partial charge in [-0.3, -0.25) is 4.79 Å². The molecule has 1 amide bonds. The van der Waals surface area contributed by atoms with Crippen LogP contribution in [0.25, 0.3) is 0 Å². The van der Waals surface area contributed by atoms with E-state index in [1.807, 2.05) is 19.9 Å². The normalized spacial score (nSPS) is 20.5. The summed E-state index contributed by atoms with van der Waals surface area (Å²) in [6.45, 7) is 8.44. The van der Waals surface area contributed by atoms with E-state index in [2.05, 4.69) is 53.5 Å². The van der Waals surface area contributed by atoms with Gasteiger partial charge in [-0.05, 0) is 99.2 Å². The van der Waals surface area contributed by atoms with E-state index in [4.69, 9.17) is 4.74 Å². The van der Waals surface area contributed by atoms with Gasteiger partial charge in [0, 0.05) is 18.8 Å². The smallest absolute Gasteiger partial charge is 0.261 e. The molecule has 4 rings (SSSR count). The first-order chi connectivity index (χ1) is 15.0. The number of carbonyl (C=O) groups excluding carboxylic acids is 1. The van der Waals surface area contributed by atoms with Crippen molar-refractivity contribution < 1.29 is 9.53 Å². The molecule has 0 aromatic heterocycles. The maximum atomic E-state index is 12.7. The third-order valence-corrected chi connectivity index (χ3v) is 6.78. The van der Waals surface area contributed by atoms with E-state index in [-0.39, 0.29) is 11.9 Å². The first-order valence-corrected chi connectivity index (χ1v) is 11.9. The van der Waals surface area contributed by atoms with Gasteiger partial charge in [-0.2, -0.15) is 0 Å². The summed E-state index contributed by atoms with van der Waals surface area (Å²) in [5, 5.41) is 3.11. The standard InChI is InChI=1S/C27H36N2O2/c1-19-7-6-16-29(18-19)25-13-10-22(11-14-25)20(2)28-27(30)21(3)31-26-15-12-23-8-4-5-9-24(23)17-26/h10-15,17,19-21H,4-9,16,18H2,1-3H3,(H,28,30)/t19-,20+,21+/m1/s1. The summed E-state index contributed by atoms with van der Waals surface area (Å²) in [7, 11) is 0. The van der Waals surface area contributed by atoms with Crippen LogP contribution >= 0.6 is 0 Å². The molecule has 1 heterocycles. The van der Waals surface area contributed by atoms with Gasteiger partial charge in [0.2, 0.25) is 0 Å². The molecule has 1 N–H and O–H groups in total. The fourth-order valence-electron chi connectivity index (χ4n) is 4.85. The van der Waals surface area contributed by atoms with E-state index in [0.29, 0.717) is 0 Å². The molecular weight excluding hydrogens is 384 g/mol. The van der Waals surface area contributed by atoms with Crippen molar-refractivity contribution in [2.45, 2.75) is 71.4 Å². The van der Waals surface area contributed by atoms with E-state index in [9.17, 15) is 4.79 Å². The highest BCUT2D eigenvalue weighted by atomic mass is 16.5. The largest absolute Gasteiger partial charge is 0.481 e. The molecule has 1 aliphatic heterocycles. The van der Waals surface area contributed by atoms with E-state index in [1.165, 1.54) is 42.5 Å². The number of anilines is 1. The second kappa shape index (κ2) is 9.76. The Labute approximate surface area is 187 Å². The quantitative estimate of drug-likeness (QED) is 0.676. The van der Waals surface area contributed by atoms with Gasteiger partial charge in [0.25, 0.3) is 5.91 Å². The molecule has 4 heteroatoms. The van der Waals surface area contributed by atoms with Gasteiger partial charge in [0.15, 0.2) is 6.10 Å². The number of ether oxygens (including phenoxy) is 1. The Bertz CT molecular complexity index is 893. The highest BCUT2D eigenvalue weighted by molar-refractivity contribution is 5.81. The molecular formula is C27H36N2O2. The van der Waals surface area contributed by atoms with Crippen LogP contribution in [0, 0.1) is 5.92 Å². The Morgan fingerprint density at radius 2 is 1.77 bits per heavy atom. The molecule has 0 unspecified atom stereocenters. The molecule has 0 spiro atoms. The number of benzene rings is 2. The van der Waals surface area contributed by atoms with Crippen LogP contribution in [0.15, 0.2) is 42.5 Å². The Kier molecular flexibility index (Phi) is 6.84. The summed E-state index contributed by atoms with van der Waals surface area (Å²) in [5.41, 5.74) is 5.18. The molecule has 1 fully saturated rings. The zero-order chi connectivity index (χ0) is 21.8. The van der Waals surface area contributed by atoms with Crippen LogP contribution in [0.5, 0.6) is 5.75 Å². The number of piperidine rings is 1. The number of fused-ring (bicyclic) bond motifs is 1. The molecule has 4 nitrogen and oxygen atoms in total. The van der Waals surface area contributed by atoms with E-state index < -0.39 is 6.10 Å². The minimum absolute atomic E-state index is 0.0589. The average molecular weight is 421 g/mol. The van der Waals surface area contributed by atoms with Crippen LogP contribution in [-0.2, 0) is 17.6 Å². The van der Waals surface area contributed by atoms with Crippen molar-refractivity contribution in [3.63, 3.8) is 0 Å². The van der Waals surface area contributed by atoms with Gasteiger partial charge < -0.3 is 15.0 Å². The van der Waals surface area contributed by atoms with Crippen molar-refractivity contribution in [3.8, 4) is 5.75 Å². The van der Waals surface area contributed by atoms with Crippen molar-refractivity contribution in [1.29, 1.82) is 0 Å². The molecule has 2 aromatic rings. The SMILES string of the molecule is C[C@@H]1CCCN(c2ccc([C@H](C)NC(=O)[C@H](C)Oc3ccc4c(c3)CCCC4)cc2)C1. The fourth-order valence-corrected chi connectivity index (χ4v) is 4.85. The van der Waals surface area contributed by atoms with E-state index in [0.717, 1.165) is 43.2 Å². The lowest BCUT2D eigenvalue weighted by atomic mass is 9.92. The predicted molar refractivity (Wildman–Crippen MR) is 127 cm³/mol. The summed E-state index contributed by atoms with van der Waals surface area (Å²) in [6.07, 6.45) is 6.82. The average Bonchev–Trinajstić information content (AvgIpc) is 2.79. The first-order valence-electron chi connectivity index (χ1n) is 11.9. The lowest BCUT2D eigenvalue weighted by molar-refractivity contribution is -0.127. The van der Waals surface area contributed by atoms with Crippen molar-refractivity contribution in [2.75, 3.05) is 18.0 Å². The van der Waals surface area contributed by atoms with Crippen LogP contribution < -0.4 is 15.0 Å². The van der Waals surface area contributed by atoms with Crippen LogP contribution in [0.3, 0.4) is 0 Å². The number of amides is 1. The number of nitrogens with one attached hydrogen (secondary N) is 1. The van der Waals surface area contributed by atoms with Crippen molar-refractivity contribution in [1.82, 2.24) is 5.32 Å². The minimum Gasteiger partial charge on any atom is -0.481 e. The maximum absolute atomic E-state index is 12.7. The van der Waals surface area contributed by atoms with E-state index >= 15 is 0 Å². The molecule has 0 radical (unpaired) electrons. The lowest BCUT2D eigenvalue weighted by Crippen LogP contribution is -2.37. The predicted octanol–water partition coefficient (Wildman–Crippen LogP) is 5.45. The molecule has 3 atom stereocenters. The maximum Gasteiger partial charge on any atom is 0.261 e. The van der Waals surface area contributed by atoms with Gasteiger partial charge in [0.1, 0.15) is 5.75 Å². The highest BCUT2D eigenvalue weighted by Gasteiger charge is 2.20. The topological polar surface area (TPSA) is 41.6 Å². The third kappa shape index (κ3) is 5.41. The summed E-state index contributed by atoms with van der Waals surface area (Å²) in [6, 6.07) is 14.8. The highest BCUT2D eigenvalue weighted by Crippen LogP contribution is 2.27. The number of carbonyl (C=O) groups is 1. The molecule has 0 bridgehead atoms. The van der Waals surface area contributed by atoms with Crippen LogP contribution in [0.1, 0.15) is 69.2 Å². The summed E-state index contributed by atoms with van der Waals surface area (Å²) >= 11 is 0. The number of aryl methyl sites for hydroxylation is 2. The Hall–Kier alpha value is -2.49. The fraction of sp³-hybridized carbons (Fsp3) is 0.519. The molecule has 2 aromatic carbocycles. The molecule has 2 aliphatic rings. The number of hydrogen-bond acceptors (Lipinski definition) is 3. The number of rotatable bonds is 6. The minimum atomic E-state index is -0.529. The number of nitrogens with zero attached hydrogens (tertiary/aromatic N) is 1. The molecule has 31 heavy (non-hydrogen) atoms. The van der Waals surface area contributed by atoms with Gasteiger partial charge in [0.05, 0.1) is 6.04 Å². The van der Waals surface area contributed by atoms with Crippen molar-refractivity contribution in [2.24, 2.45) is 5.92 Å². The van der Waals surface area contributed by atoms with Gasteiger partial charge in [-0.25, -0.2) is 0 Å². The van der Waals surface area contributed by atoms with Gasteiger partial charge in [-0.1, -0.05) is 25.1 Å². The Balaban J connectivity index is 1.32. The van der Waals surface area contributed by atoms with E-state index in [1.54, 1.807) is 0 Å². The van der Waals surface area contributed by atoms with Gasteiger partial charge in [-0.15, -0.1) is 0 Å².